The summed E-state index contributed by atoms with van der Waals surface area (Å²) in [6, 6.07) is 68.3. The molecule has 6 heteroatoms. The molecule has 8 aromatic carbocycles. The molecule has 0 radical (unpaired) electrons. The van der Waals surface area contributed by atoms with E-state index in [4.69, 9.17) is 4.98 Å². The first kappa shape index (κ1) is 33.3. The maximum absolute atomic E-state index is 15.5. The normalized spacial score (nSPS) is 12.1. The minimum absolute atomic E-state index is 0.758. The van der Waals surface area contributed by atoms with E-state index in [1.165, 1.54) is 0 Å². The molecular weight excluding hydrogens is 710 g/mol. The molecule has 10 aromatic rings. The van der Waals surface area contributed by atoms with Crippen LogP contribution in [0.1, 0.15) is 0 Å². The summed E-state index contributed by atoms with van der Waals surface area (Å²) < 4.78 is 32.7. The summed E-state index contributed by atoms with van der Waals surface area (Å²) in [5, 5.41) is 8.02. The van der Waals surface area contributed by atoms with Crippen molar-refractivity contribution in [1.29, 1.82) is 0 Å². The second-order valence-electron chi connectivity index (χ2n) is 13.8. The molecule has 2 aromatic heterocycles. The quantitative estimate of drug-likeness (QED) is 0.121. The van der Waals surface area contributed by atoms with Gasteiger partial charge in [0, 0.05) is 42.6 Å². The lowest BCUT2D eigenvalue weighted by atomic mass is 10.0. The van der Waals surface area contributed by atoms with Crippen molar-refractivity contribution in [3.63, 3.8) is 0 Å². The number of aromatic nitrogens is 2. The van der Waals surface area contributed by atoms with Gasteiger partial charge in [-0.25, -0.2) is 4.98 Å². The van der Waals surface area contributed by atoms with E-state index in [0.717, 1.165) is 81.3 Å². The van der Waals surface area contributed by atoms with E-state index >= 15 is 9.13 Å². The van der Waals surface area contributed by atoms with Gasteiger partial charge >= 0.3 is 0 Å². The summed E-state index contributed by atoms with van der Waals surface area (Å²) in [6.45, 7) is 0. The summed E-state index contributed by atoms with van der Waals surface area (Å²) in [6.07, 6.45) is 0. The Balaban J connectivity index is 1.18. The van der Waals surface area contributed by atoms with Crippen molar-refractivity contribution in [2.24, 2.45) is 0 Å². The first-order chi connectivity index (χ1) is 27.0. The molecule has 0 N–H and O–H groups in total. The fraction of sp³-hybridized carbons (Fsp3) is 0. The van der Waals surface area contributed by atoms with Gasteiger partial charge in [-0.15, -0.1) is 0 Å². The zero-order valence-corrected chi connectivity index (χ0v) is 31.5. The van der Waals surface area contributed by atoms with E-state index in [0.29, 0.717) is 0 Å². The Morgan fingerprint density at radius 2 is 0.782 bits per heavy atom. The third kappa shape index (κ3) is 5.33. The zero-order valence-electron chi connectivity index (χ0n) is 29.7. The van der Waals surface area contributed by atoms with Gasteiger partial charge in [0.05, 0.1) is 16.6 Å². The van der Waals surface area contributed by atoms with Crippen molar-refractivity contribution >= 4 is 84.5 Å². The van der Waals surface area contributed by atoms with E-state index < -0.39 is 14.3 Å². The lowest BCUT2D eigenvalue weighted by Crippen LogP contribution is -2.25. The van der Waals surface area contributed by atoms with Gasteiger partial charge in [0.1, 0.15) is 5.65 Å². The molecule has 0 atom stereocenters. The summed E-state index contributed by atoms with van der Waals surface area (Å²) >= 11 is 0. The van der Waals surface area contributed by atoms with Gasteiger partial charge < -0.3 is 9.13 Å². The Hall–Kier alpha value is -6.31. The summed E-state index contributed by atoms with van der Waals surface area (Å²) in [5.74, 6) is 0. The Morgan fingerprint density at radius 3 is 1.33 bits per heavy atom. The van der Waals surface area contributed by atoms with Crippen LogP contribution in [0.2, 0.25) is 0 Å². The van der Waals surface area contributed by atoms with Crippen molar-refractivity contribution in [1.82, 2.24) is 9.38 Å². The van der Waals surface area contributed by atoms with Gasteiger partial charge in [0.2, 0.25) is 0 Å². The number of nitrogens with zero attached hydrogens (tertiary/aromatic N) is 2. The highest BCUT2D eigenvalue weighted by Gasteiger charge is 2.31. The Kier molecular flexibility index (Phi) is 8.00. The van der Waals surface area contributed by atoms with E-state index in [9.17, 15) is 0 Å². The minimum Gasteiger partial charge on any atom is -0.309 e. The fourth-order valence-corrected chi connectivity index (χ4v) is 13.3. The van der Waals surface area contributed by atoms with Crippen LogP contribution in [-0.2, 0) is 9.13 Å². The van der Waals surface area contributed by atoms with E-state index in [1.54, 1.807) is 0 Å². The third-order valence-corrected chi connectivity index (χ3v) is 16.9. The van der Waals surface area contributed by atoms with Crippen LogP contribution in [0, 0.1) is 0 Å². The maximum atomic E-state index is 15.5. The average molecular weight is 745 g/mol. The molecule has 0 saturated carbocycles. The summed E-state index contributed by atoms with van der Waals surface area (Å²) in [5.41, 5.74) is 5.63. The lowest BCUT2D eigenvalue weighted by molar-refractivity contribution is 0.591. The number of imidazole rings is 1. The largest absolute Gasteiger partial charge is 0.309 e. The highest BCUT2D eigenvalue weighted by atomic mass is 31.2. The number of pyridine rings is 1. The molecule has 55 heavy (non-hydrogen) atoms. The Labute approximate surface area is 319 Å². The monoisotopic (exact) mass is 744 g/mol. The molecule has 0 aliphatic heterocycles. The van der Waals surface area contributed by atoms with Crippen LogP contribution in [-0.4, -0.2) is 9.38 Å². The second-order valence-corrected chi connectivity index (χ2v) is 19.4. The number of hydrogen-bond donors (Lipinski definition) is 0. The van der Waals surface area contributed by atoms with Gasteiger partial charge in [-0.2, -0.15) is 0 Å². The van der Waals surface area contributed by atoms with E-state index in [2.05, 4.69) is 65.1 Å². The molecule has 0 aliphatic rings. The third-order valence-electron chi connectivity index (χ3n) is 10.7. The Morgan fingerprint density at radius 1 is 0.345 bits per heavy atom. The molecule has 0 bridgehead atoms. The van der Waals surface area contributed by atoms with E-state index in [1.807, 2.05) is 146 Å². The second kappa shape index (κ2) is 13.2. The van der Waals surface area contributed by atoms with Gasteiger partial charge in [-0.05, 0) is 40.8 Å². The predicted octanol–water partition coefficient (Wildman–Crippen LogP) is 9.74. The summed E-state index contributed by atoms with van der Waals surface area (Å²) in [4.78, 5) is 5.20. The van der Waals surface area contributed by atoms with Crippen LogP contribution < -0.4 is 31.8 Å². The molecule has 0 amide bonds. The number of rotatable bonds is 7. The van der Waals surface area contributed by atoms with Crippen LogP contribution in [0.3, 0.4) is 0 Å². The average Bonchev–Trinajstić information content (AvgIpc) is 3.67. The van der Waals surface area contributed by atoms with Crippen LogP contribution in [0.25, 0.3) is 49.5 Å². The molecule has 0 fully saturated rings. The molecule has 0 aliphatic carbocycles. The number of hydrogen-bond acceptors (Lipinski definition) is 3. The molecule has 0 unspecified atom stereocenters. The zero-order chi connectivity index (χ0) is 37.0. The van der Waals surface area contributed by atoms with Gasteiger partial charge in [-0.1, -0.05) is 182 Å². The molecule has 0 saturated heterocycles. The molecule has 10 rings (SSSR count). The topological polar surface area (TPSA) is 51.4 Å². The SMILES string of the molecule is O=P(c1ccccc1)(c1ccccc1)c1ccc(-c2ccc3c4ccccc4c4nc5ccc(P(=O)(c6ccccc6)c6ccccc6)cc5n4c3c2)cc1. The van der Waals surface area contributed by atoms with Gasteiger partial charge in [0.15, 0.2) is 14.3 Å². The highest BCUT2D eigenvalue weighted by molar-refractivity contribution is 7.85. The first-order valence-electron chi connectivity index (χ1n) is 18.3. The molecule has 0 spiro atoms. The van der Waals surface area contributed by atoms with Crippen LogP contribution in [0.4, 0.5) is 0 Å². The van der Waals surface area contributed by atoms with E-state index in [-0.39, 0.29) is 0 Å². The maximum Gasteiger partial charge on any atom is 0.171 e. The predicted molar refractivity (Wildman–Crippen MR) is 232 cm³/mol. The molecule has 262 valence electrons. The number of benzene rings is 8. The standard InChI is InChI=1S/C49H34N2O2P2/c52-54(37-15-5-1-6-16-37,38-17-7-2-8-18-38)41-28-25-35(26-29-41)36-27-31-44-43-23-13-14-24-45(43)49-50-46-32-30-42(34-48(46)51(49)47(44)33-36)55(53,39-19-9-3-10-20-39)40-21-11-4-12-22-40/h1-34H. The summed E-state index contributed by atoms with van der Waals surface area (Å²) in [7, 11) is -6.33. The van der Waals surface area contributed by atoms with Gasteiger partial charge in [-0.3, -0.25) is 4.40 Å². The van der Waals surface area contributed by atoms with Crippen molar-refractivity contribution in [3.05, 3.63) is 206 Å². The van der Waals surface area contributed by atoms with Crippen molar-refractivity contribution in [2.45, 2.75) is 0 Å². The lowest BCUT2D eigenvalue weighted by Gasteiger charge is -2.20. The fourth-order valence-electron chi connectivity index (χ4n) is 8.03. The first-order valence-corrected chi connectivity index (χ1v) is 21.8. The molecular formula is C49H34N2O2P2. The smallest absolute Gasteiger partial charge is 0.171 e. The van der Waals surface area contributed by atoms with Crippen LogP contribution in [0.15, 0.2) is 206 Å². The molecule has 2 heterocycles. The molecule has 4 nitrogen and oxygen atoms in total. The van der Waals surface area contributed by atoms with Crippen molar-refractivity contribution < 1.29 is 9.13 Å². The van der Waals surface area contributed by atoms with Crippen LogP contribution >= 0.6 is 14.3 Å². The van der Waals surface area contributed by atoms with Crippen molar-refractivity contribution in [2.75, 3.05) is 0 Å². The minimum atomic E-state index is -3.23. The highest BCUT2D eigenvalue weighted by Crippen LogP contribution is 2.45. The Bertz CT molecular complexity index is 3040. The van der Waals surface area contributed by atoms with Gasteiger partial charge in [0.25, 0.3) is 0 Å². The van der Waals surface area contributed by atoms with Crippen molar-refractivity contribution in [3.8, 4) is 11.1 Å². The van der Waals surface area contributed by atoms with Crippen LogP contribution in [0.5, 0.6) is 0 Å². The number of fused-ring (bicyclic) bond motifs is 8.